The van der Waals surface area contributed by atoms with E-state index in [0.717, 1.165) is 12.2 Å². The van der Waals surface area contributed by atoms with Crippen LogP contribution in [0.5, 0.6) is 0 Å². The fourth-order valence-electron chi connectivity index (χ4n) is 1.13. The minimum atomic E-state index is -4.69. The first kappa shape index (κ1) is 10.9. The molecule has 0 aromatic heterocycles. The first-order valence-corrected chi connectivity index (χ1v) is 5.10. The maximum atomic E-state index is 13.7. The standard InChI is InChI=1S/C7H8FNO4S/c8-7(6(9)10)4-2-1-3-5(7)14(11,12)13/h1-5H,(H2,9,10)(H,11,12,13). The minimum Gasteiger partial charge on any atom is -0.367 e. The molecule has 0 aromatic rings. The van der Waals surface area contributed by atoms with Crippen molar-refractivity contribution in [3.05, 3.63) is 24.3 Å². The first-order chi connectivity index (χ1) is 6.28. The van der Waals surface area contributed by atoms with Crippen LogP contribution in [0, 0.1) is 0 Å². The number of hydrogen-bond donors (Lipinski definition) is 2. The van der Waals surface area contributed by atoms with Crippen molar-refractivity contribution in [2.75, 3.05) is 0 Å². The monoisotopic (exact) mass is 221 g/mol. The third kappa shape index (κ3) is 1.68. The Hall–Kier alpha value is -1.21. The summed E-state index contributed by atoms with van der Waals surface area (Å²) < 4.78 is 43.8. The Bertz CT molecular complexity index is 413. The van der Waals surface area contributed by atoms with Gasteiger partial charge in [0, 0.05) is 0 Å². The van der Waals surface area contributed by atoms with Crippen LogP contribution in [0.4, 0.5) is 4.39 Å². The van der Waals surface area contributed by atoms with Gasteiger partial charge in [-0.15, -0.1) is 0 Å². The minimum absolute atomic E-state index is 0.702. The zero-order valence-corrected chi connectivity index (χ0v) is 7.74. The Kier molecular flexibility index (Phi) is 2.47. The molecule has 0 saturated carbocycles. The van der Waals surface area contributed by atoms with E-state index in [1.807, 2.05) is 0 Å². The van der Waals surface area contributed by atoms with E-state index in [0.29, 0.717) is 6.08 Å². The van der Waals surface area contributed by atoms with Crippen molar-refractivity contribution in [3.8, 4) is 0 Å². The molecule has 1 amide bonds. The van der Waals surface area contributed by atoms with Crippen LogP contribution < -0.4 is 5.73 Å². The lowest BCUT2D eigenvalue weighted by atomic mass is 9.96. The lowest BCUT2D eigenvalue weighted by Gasteiger charge is -2.25. The van der Waals surface area contributed by atoms with Crippen LogP contribution >= 0.6 is 0 Å². The van der Waals surface area contributed by atoms with Gasteiger partial charge < -0.3 is 5.73 Å². The summed E-state index contributed by atoms with van der Waals surface area (Å²) in [5, 5.41) is -1.97. The zero-order chi connectivity index (χ0) is 11.0. The molecule has 14 heavy (non-hydrogen) atoms. The Balaban J connectivity index is 3.25. The lowest BCUT2D eigenvalue weighted by Crippen LogP contribution is -2.51. The maximum Gasteiger partial charge on any atom is 0.275 e. The Morgan fingerprint density at radius 3 is 2.43 bits per heavy atom. The molecule has 2 unspecified atom stereocenters. The summed E-state index contributed by atoms with van der Waals surface area (Å²) in [5.74, 6) is -1.46. The molecular weight excluding hydrogens is 213 g/mol. The number of alkyl halides is 1. The zero-order valence-electron chi connectivity index (χ0n) is 6.92. The molecule has 0 fully saturated rings. The third-order valence-electron chi connectivity index (χ3n) is 1.85. The fourth-order valence-corrected chi connectivity index (χ4v) is 2.05. The summed E-state index contributed by atoms with van der Waals surface area (Å²) in [4.78, 5) is 10.7. The van der Waals surface area contributed by atoms with Crippen LogP contribution in [-0.4, -0.2) is 29.8 Å². The van der Waals surface area contributed by atoms with Crippen LogP contribution in [-0.2, 0) is 14.9 Å². The summed E-state index contributed by atoms with van der Waals surface area (Å²) in [5.41, 5.74) is 1.83. The van der Waals surface area contributed by atoms with E-state index in [2.05, 4.69) is 0 Å². The predicted molar refractivity (Wildman–Crippen MR) is 46.7 cm³/mol. The molecule has 7 heteroatoms. The number of amides is 1. The van der Waals surface area contributed by atoms with E-state index >= 15 is 0 Å². The summed E-state index contributed by atoms with van der Waals surface area (Å²) in [6.07, 6.45) is 3.92. The summed E-state index contributed by atoms with van der Waals surface area (Å²) >= 11 is 0. The molecule has 3 N–H and O–H groups in total. The molecule has 1 aliphatic rings. The van der Waals surface area contributed by atoms with E-state index in [4.69, 9.17) is 10.3 Å². The average Bonchev–Trinajstić information content (AvgIpc) is 2.02. The summed E-state index contributed by atoms with van der Waals surface area (Å²) in [6, 6.07) is 0. The topological polar surface area (TPSA) is 97.5 Å². The largest absolute Gasteiger partial charge is 0.367 e. The van der Waals surface area contributed by atoms with E-state index in [1.165, 1.54) is 6.08 Å². The van der Waals surface area contributed by atoms with Gasteiger partial charge in [-0.3, -0.25) is 9.35 Å². The van der Waals surface area contributed by atoms with Gasteiger partial charge in [-0.1, -0.05) is 18.2 Å². The molecule has 0 aromatic carbocycles. The second kappa shape index (κ2) is 3.18. The van der Waals surface area contributed by atoms with Gasteiger partial charge in [-0.05, 0) is 6.08 Å². The lowest BCUT2D eigenvalue weighted by molar-refractivity contribution is -0.126. The molecule has 1 aliphatic carbocycles. The van der Waals surface area contributed by atoms with Crippen molar-refractivity contribution < 1.29 is 22.2 Å². The van der Waals surface area contributed by atoms with Gasteiger partial charge in [0.25, 0.3) is 16.0 Å². The van der Waals surface area contributed by atoms with Crippen LogP contribution in [0.15, 0.2) is 24.3 Å². The van der Waals surface area contributed by atoms with E-state index < -0.39 is 26.9 Å². The van der Waals surface area contributed by atoms with Gasteiger partial charge in [0.1, 0.15) is 0 Å². The Labute approximate surface area is 79.8 Å². The van der Waals surface area contributed by atoms with E-state index in [1.54, 1.807) is 0 Å². The van der Waals surface area contributed by atoms with Gasteiger partial charge in [0.15, 0.2) is 5.25 Å². The van der Waals surface area contributed by atoms with Crippen molar-refractivity contribution in [3.63, 3.8) is 0 Å². The van der Waals surface area contributed by atoms with E-state index in [-0.39, 0.29) is 0 Å². The van der Waals surface area contributed by atoms with Crippen LogP contribution in [0.1, 0.15) is 0 Å². The van der Waals surface area contributed by atoms with Crippen molar-refractivity contribution in [2.24, 2.45) is 5.73 Å². The highest BCUT2D eigenvalue weighted by Gasteiger charge is 2.49. The Morgan fingerprint density at radius 1 is 1.50 bits per heavy atom. The Morgan fingerprint density at radius 2 is 2.07 bits per heavy atom. The van der Waals surface area contributed by atoms with Gasteiger partial charge >= 0.3 is 0 Å². The smallest absolute Gasteiger partial charge is 0.275 e. The number of carbonyl (C=O) groups excluding carboxylic acids is 1. The van der Waals surface area contributed by atoms with Gasteiger partial charge in [0.2, 0.25) is 5.67 Å². The van der Waals surface area contributed by atoms with Crippen LogP contribution in [0.2, 0.25) is 0 Å². The van der Waals surface area contributed by atoms with Crippen molar-refractivity contribution in [1.29, 1.82) is 0 Å². The molecule has 0 aliphatic heterocycles. The predicted octanol–water partition coefficient (Wildman–Crippen LogP) is -0.438. The molecule has 0 bridgehead atoms. The van der Waals surface area contributed by atoms with Gasteiger partial charge in [-0.25, -0.2) is 4.39 Å². The number of carbonyl (C=O) groups is 1. The molecule has 0 saturated heterocycles. The van der Waals surface area contributed by atoms with Crippen LogP contribution in [0.25, 0.3) is 0 Å². The second-order valence-corrected chi connectivity index (χ2v) is 4.35. The molecule has 0 heterocycles. The second-order valence-electron chi connectivity index (χ2n) is 2.81. The highest BCUT2D eigenvalue weighted by molar-refractivity contribution is 7.86. The number of halogens is 1. The highest BCUT2D eigenvalue weighted by atomic mass is 32.2. The number of primary amides is 1. The van der Waals surface area contributed by atoms with Crippen LogP contribution in [0.3, 0.4) is 0 Å². The molecule has 1 rings (SSSR count). The summed E-state index contributed by atoms with van der Waals surface area (Å²) in [7, 11) is -4.69. The SMILES string of the molecule is NC(=O)C1(F)C=CC=CC1S(=O)(=O)O. The molecule has 5 nitrogen and oxygen atoms in total. The molecule has 0 spiro atoms. The number of allylic oxidation sites excluding steroid dienone is 2. The highest BCUT2D eigenvalue weighted by Crippen LogP contribution is 2.27. The molecule has 78 valence electrons. The molecule has 0 radical (unpaired) electrons. The quantitative estimate of drug-likeness (QED) is 0.618. The maximum absolute atomic E-state index is 13.7. The first-order valence-electron chi connectivity index (χ1n) is 3.59. The average molecular weight is 221 g/mol. The van der Waals surface area contributed by atoms with Crippen molar-refractivity contribution in [1.82, 2.24) is 0 Å². The van der Waals surface area contributed by atoms with Crippen molar-refractivity contribution >= 4 is 16.0 Å². The third-order valence-corrected chi connectivity index (χ3v) is 2.99. The van der Waals surface area contributed by atoms with Gasteiger partial charge in [0.05, 0.1) is 0 Å². The van der Waals surface area contributed by atoms with Gasteiger partial charge in [-0.2, -0.15) is 8.42 Å². The fraction of sp³-hybridized carbons (Fsp3) is 0.286. The molecule has 2 atom stereocenters. The van der Waals surface area contributed by atoms with Crippen molar-refractivity contribution in [2.45, 2.75) is 10.9 Å². The number of nitrogens with two attached hydrogens (primary N) is 1. The number of rotatable bonds is 2. The normalized spacial score (nSPS) is 31.7. The summed E-state index contributed by atoms with van der Waals surface area (Å²) in [6.45, 7) is 0. The molecular formula is C7H8FNO4S. The van der Waals surface area contributed by atoms with E-state index in [9.17, 15) is 17.6 Å². The number of hydrogen-bond acceptors (Lipinski definition) is 3.